The second-order valence-electron chi connectivity index (χ2n) is 5.58. The average Bonchev–Trinajstić information content (AvgIpc) is 2.59. The summed E-state index contributed by atoms with van der Waals surface area (Å²) in [5.74, 6) is 0.834. The number of carbonyl (C=O) groups excluding carboxylic acids is 2. The molecule has 1 aliphatic rings. The second-order valence-corrected chi connectivity index (χ2v) is 6.72. The Morgan fingerprint density at radius 1 is 0.783 bits per heavy atom. The molecule has 2 aromatic rings. The standard InChI is InChI=1S/C19H19NO2S/c20-11-4-1-5-12-23-16-10-6-9-15-17(16)19(22)14-8-3-2-7-13(14)18(15)21/h2-3,6-10H,1,4-5,11-12,20H2. The maximum absolute atomic E-state index is 12.8. The topological polar surface area (TPSA) is 60.2 Å². The third-order valence-corrected chi connectivity index (χ3v) is 5.16. The molecular weight excluding hydrogens is 306 g/mol. The molecule has 2 aromatic carbocycles. The molecule has 2 N–H and O–H groups in total. The van der Waals surface area contributed by atoms with Gasteiger partial charge in [0.2, 0.25) is 0 Å². The zero-order valence-electron chi connectivity index (χ0n) is 12.9. The molecule has 118 valence electrons. The van der Waals surface area contributed by atoms with Crippen LogP contribution in [0.1, 0.15) is 51.1 Å². The summed E-state index contributed by atoms with van der Waals surface area (Å²) < 4.78 is 0. The molecule has 0 aliphatic heterocycles. The van der Waals surface area contributed by atoms with Crippen molar-refractivity contribution in [1.29, 1.82) is 0 Å². The smallest absolute Gasteiger partial charge is 0.195 e. The van der Waals surface area contributed by atoms with Crippen LogP contribution in [0.25, 0.3) is 0 Å². The zero-order valence-corrected chi connectivity index (χ0v) is 13.7. The van der Waals surface area contributed by atoms with E-state index in [9.17, 15) is 9.59 Å². The van der Waals surface area contributed by atoms with Crippen LogP contribution in [0.2, 0.25) is 0 Å². The van der Waals surface area contributed by atoms with Gasteiger partial charge in [-0.3, -0.25) is 9.59 Å². The first-order valence-electron chi connectivity index (χ1n) is 7.88. The van der Waals surface area contributed by atoms with Crippen LogP contribution < -0.4 is 5.73 Å². The predicted molar refractivity (Wildman–Crippen MR) is 93.4 cm³/mol. The molecule has 0 amide bonds. The van der Waals surface area contributed by atoms with E-state index in [1.54, 1.807) is 42.1 Å². The minimum absolute atomic E-state index is 0.0414. The zero-order chi connectivity index (χ0) is 16.2. The van der Waals surface area contributed by atoms with Gasteiger partial charge >= 0.3 is 0 Å². The van der Waals surface area contributed by atoms with Crippen molar-refractivity contribution in [3.63, 3.8) is 0 Å². The summed E-state index contributed by atoms with van der Waals surface area (Å²) >= 11 is 1.65. The van der Waals surface area contributed by atoms with Crippen LogP contribution >= 0.6 is 11.8 Å². The molecule has 0 atom stereocenters. The highest BCUT2D eigenvalue weighted by molar-refractivity contribution is 7.99. The number of ketones is 2. The van der Waals surface area contributed by atoms with E-state index in [0.29, 0.717) is 22.3 Å². The number of hydrogen-bond donors (Lipinski definition) is 1. The first kappa shape index (κ1) is 16.0. The first-order valence-corrected chi connectivity index (χ1v) is 8.87. The molecule has 3 rings (SSSR count). The van der Waals surface area contributed by atoms with Gasteiger partial charge in [0.05, 0.1) is 0 Å². The Bertz CT molecular complexity index is 755. The number of hydrogen-bond acceptors (Lipinski definition) is 4. The average molecular weight is 325 g/mol. The highest BCUT2D eigenvalue weighted by atomic mass is 32.2. The van der Waals surface area contributed by atoms with Crippen LogP contribution in [0.15, 0.2) is 47.4 Å². The molecule has 0 unspecified atom stereocenters. The molecule has 3 nitrogen and oxygen atoms in total. The first-order chi connectivity index (χ1) is 11.2. The van der Waals surface area contributed by atoms with E-state index < -0.39 is 0 Å². The van der Waals surface area contributed by atoms with Crippen molar-refractivity contribution in [2.24, 2.45) is 5.73 Å². The molecule has 0 spiro atoms. The van der Waals surface area contributed by atoms with E-state index in [0.717, 1.165) is 36.5 Å². The van der Waals surface area contributed by atoms with Crippen LogP contribution in [0, 0.1) is 0 Å². The lowest BCUT2D eigenvalue weighted by Crippen LogP contribution is -2.21. The van der Waals surface area contributed by atoms with Crippen LogP contribution in [0.3, 0.4) is 0 Å². The van der Waals surface area contributed by atoms with Crippen LogP contribution in [0.4, 0.5) is 0 Å². The molecule has 4 heteroatoms. The minimum Gasteiger partial charge on any atom is -0.330 e. The van der Waals surface area contributed by atoms with E-state index in [-0.39, 0.29) is 11.6 Å². The van der Waals surface area contributed by atoms with Crippen LogP contribution in [-0.4, -0.2) is 23.9 Å². The van der Waals surface area contributed by atoms with Crippen molar-refractivity contribution >= 4 is 23.3 Å². The Morgan fingerprint density at radius 3 is 2.22 bits per heavy atom. The Hall–Kier alpha value is -1.91. The summed E-state index contributed by atoms with van der Waals surface area (Å²) in [6.07, 6.45) is 3.18. The Morgan fingerprint density at radius 2 is 1.48 bits per heavy atom. The van der Waals surface area contributed by atoms with Crippen LogP contribution in [-0.2, 0) is 0 Å². The number of rotatable bonds is 6. The van der Waals surface area contributed by atoms with Gasteiger partial charge < -0.3 is 5.73 Å². The summed E-state index contributed by atoms with van der Waals surface area (Å²) in [6.45, 7) is 0.717. The van der Waals surface area contributed by atoms with Gasteiger partial charge in [0.1, 0.15) is 0 Å². The number of benzene rings is 2. The van der Waals surface area contributed by atoms with Crippen LogP contribution in [0.5, 0.6) is 0 Å². The van der Waals surface area contributed by atoms with E-state index >= 15 is 0 Å². The van der Waals surface area contributed by atoms with Crippen molar-refractivity contribution in [2.45, 2.75) is 24.2 Å². The summed E-state index contributed by atoms with van der Waals surface area (Å²) in [5.41, 5.74) is 7.62. The molecule has 0 heterocycles. The molecule has 0 aromatic heterocycles. The maximum Gasteiger partial charge on any atom is 0.195 e. The van der Waals surface area contributed by atoms with E-state index in [1.165, 1.54) is 0 Å². The molecule has 1 aliphatic carbocycles. The largest absolute Gasteiger partial charge is 0.330 e. The van der Waals surface area contributed by atoms with Crippen molar-refractivity contribution in [2.75, 3.05) is 12.3 Å². The fourth-order valence-corrected chi connectivity index (χ4v) is 3.93. The van der Waals surface area contributed by atoms with Gasteiger partial charge in [-0.25, -0.2) is 0 Å². The SMILES string of the molecule is NCCCCCSc1cccc2c1C(=O)c1ccccc1C2=O. The van der Waals surface area contributed by atoms with Crippen molar-refractivity contribution < 1.29 is 9.59 Å². The minimum atomic E-state index is -0.0548. The number of thioether (sulfide) groups is 1. The van der Waals surface area contributed by atoms with Crippen molar-refractivity contribution in [1.82, 2.24) is 0 Å². The number of carbonyl (C=O) groups is 2. The highest BCUT2D eigenvalue weighted by Gasteiger charge is 2.31. The normalized spacial score (nSPS) is 12.9. The van der Waals surface area contributed by atoms with Gasteiger partial charge in [0.25, 0.3) is 0 Å². The molecule has 0 bridgehead atoms. The van der Waals surface area contributed by atoms with Crippen molar-refractivity contribution in [3.8, 4) is 0 Å². The summed E-state index contributed by atoms with van der Waals surface area (Å²) in [5, 5.41) is 0. The van der Waals surface area contributed by atoms with E-state index in [2.05, 4.69) is 0 Å². The molecular formula is C19H19NO2S. The third-order valence-electron chi connectivity index (χ3n) is 4.02. The lowest BCUT2D eigenvalue weighted by Gasteiger charge is -2.19. The third kappa shape index (κ3) is 3.09. The summed E-state index contributed by atoms with van der Waals surface area (Å²) in [4.78, 5) is 26.4. The summed E-state index contributed by atoms with van der Waals surface area (Å²) in [7, 11) is 0. The second kappa shape index (κ2) is 7.11. The van der Waals surface area contributed by atoms with Gasteiger partial charge in [0, 0.05) is 27.1 Å². The Kier molecular flexibility index (Phi) is 4.94. The lowest BCUT2D eigenvalue weighted by atomic mass is 9.84. The van der Waals surface area contributed by atoms with Gasteiger partial charge in [-0.1, -0.05) is 42.8 Å². The molecule has 0 saturated carbocycles. The van der Waals surface area contributed by atoms with Gasteiger partial charge in [-0.05, 0) is 31.2 Å². The maximum atomic E-state index is 12.8. The monoisotopic (exact) mass is 325 g/mol. The molecule has 0 saturated heterocycles. The molecule has 23 heavy (non-hydrogen) atoms. The fraction of sp³-hybridized carbons (Fsp3) is 0.263. The highest BCUT2D eigenvalue weighted by Crippen LogP contribution is 2.34. The predicted octanol–water partition coefficient (Wildman–Crippen LogP) is 3.68. The van der Waals surface area contributed by atoms with E-state index in [1.807, 2.05) is 12.1 Å². The Balaban J connectivity index is 1.88. The fourth-order valence-electron chi connectivity index (χ4n) is 2.84. The number of unbranched alkanes of at least 4 members (excludes halogenated alkanes) is 2. The summed E-state index contributed by atoms with van der Waals surface area (Å²) in [6, 6.07) is 12.6. The number of fused-ring (bicyclic) bond motifs is 2. The van der Waals surface area contributed by atoms with Gasteiger partial charge in [-0.2, -0.15) is 0 Å². The molecule has 0 fully saturated rings. The molecule has 0 radical (unpaired) electrons. The van der Waals surface area contributed by atoms with Gasteiger partial charge in [-0.15, -0.1) is 11.8 Å². The quantitative estimate of drug-likeness (QED) is 0.555. The van der Waals surface area contributed by atoms with Gasteiger partial charge in [0.15, 0.2) is 11.6 Å². The number of nitrogens with two attached hydrogens (primary N) is 1. The van der Waals surface area contributed by atoms with E-state index in [4.69, 9.17) is 5.73 Å². The Labute approximate surface area is 140 Å². The lowest BCUT2D eigenvalue weighted by molar-refractivity contribution is 0.0977. The van der Waals surface area contributed by atoms with Crippen molar-refractivity contribution in [3.05, 3.63) is 64.7 Å².